The van der Waals surface area contributed by atoms with Crippen LogP contribution in [-0.2, 0) is 35.1 Å². The fourth-order valence-corrected chi connectivity index (χ4v) is 4.86. The van der Waals surface area contributed by atoms with Crippen molar-refractivity contribution in [3.63, 3.8) is 0 Å². The summed E-state index contributed by atoms with van der Waals surface area (Å²) in [7, 11) is 0. The van der Waals surface area contributed by atoms with Gasteiger partial charge in [0.1, 0.15) is 11.8 Å². The van der Waals surface area contributed by atoms with Gasteiger partial charge in [-0.05, 0) is 54.4 Å². The highest BCUT2D eigenvalue weighted by molar-refractivity contribution is 6.05. The van der Waals surface area contributed by atoms with Crippen molar-refractivity contribution in [2.75, 3.05) is 76.6 Å². The lowest BCUT2D eigenvalue weighted by Crippen LogP contribution is -2.52. The molecule has 1 unspecified atom stereocenters. The van der Waals surface area contributed by atoms with Gasteiger partial charge < -0.3 is 50.8 Å². The molecule has 2 aliphatic heterocycles. The molecule has 1 fully saturated rings. The number of fused-ring (bicyclic) bond motifs is 1. The topological polar surface area (TPSA) is 212 Å². The Labute approximate surface area is 272 Å². The first-order valence-corrected chi connectivity index (χ1v) is 15.3. The maximum Gasteiger partial charge on any atom is 0.319 e. The first-order valence-electron chi connectivity index (χ1n) is 15.3. The molecule has 2 aromatic rings. The van der Waals surface area contributed by atoms with Gasteiger partial charge in [0, 0.05) is 49.5 Å². The normalized spacial score (nSPS) is 15.6. The number of hydrogen-bond donors (Lipinski definition) is 6. The van der Waals surface area contributed by atoms with Crippen LogP contribution in [0.3, 0.4) is 0 Å². The van der Waals surface area contributed by atoms with Crippen LogP contribution in [0.5, 0.6) is 5.75 Å². The summed E-state index contributed by atoms with van der Waals surface area (Å²) in [5.74, 6) is -0.822. The van der Waals surface area contributed by atoms with Crippen LogP contribution in [0.4, 0.5) is 16.2 Å². The second kappa shape index (κ2) is 18.4. The number of piperidine rings is 1. The number of anilines is 2. The molecule has 2 heterocycles. The molecule has 0 radical (unpaired) electrons. The Morgan fingerprint density at radius 1 is 0.872 bits per heavy atom. The number of nitrogens with two attached hydrogens (primary N) is 1. The molecule has 1 atom stereocenters. The van der Waals surface area contributed by atoms with Crippen LogP contribution >= 0.6 is 0 Å². The highest BCUT2D eigenvalue weighted by Crippen LogP contribution is 2.29. The van der Waals surface area contributed by atoms with E-state index in [9.17, 15) is 24.0 Å². The van der Waals surface area contributed by atoms with Crippen molar-refractivity contribution >= 4 is 41.0 Å². The number of imide groups is 1. The number of carbonyl (C=O) groups is 5. The number of nitrogens with zero attached hydrogens (tertiary/aromatic N) is 1. The molecule has 4 rings (SSSR count). The summed E-state index contributed by atoms with van der Waals surface area (Å²) in [5.41, 5.74) is 7.84. The molecule has 6 amide bonds. The molecular formula is C31H41N7O9. The predicted octanol–water partition coefficient (Wildman–Crippen LogP) is 0.142. The van der Waals surface area contributed by atoms with Crippen LogP contribution in [0.15, 0.2) is 42.5 Å². The summed E-state index contributed by atoms with van der Waals surface area (Å²) >= 11 is 0. The second-order valence-electron chi connectivity index (χ2n) is 10.5. The monoisotopic (exact) mass is 655 g/mol. The van der Waals surface area contributed by atoms with Crippen LogP contribution in [0, 0.1) is 0 Å². The Morgan fingerprint density at radius 2 is 1.60 bits per heavy atom. The summed E-state index contributed by atoms with van der Waals surface area (Å²) < 4.78 is 21.1. The highest BCUT2D eigenvalue weighted by atomic mass is 16.5. The number of urea groups is 1. The first-order chi connectivity index (χ1) is 22.8. The number of hydrogen-bond acceptors (Lipinski definition) is 11. The van der Waals surface area contributed by atoms with Crippen LogP contribution in [0.1, 0.15) is 28.8 Å². The van der Waals surface area contributed by atoms with Gasteiger partial charge in [0.05, 0.1) is 39.8 Å². The minimum Gasteiger partial charge on any atom is -0.484 e. The third-order valence-electron chi connectivity index (χ3n) is 7.18. The molecule has 0 spiro atoms. The fraction of sp³-hybridized carbons (Fsp3) is 0.452. The van der Waals surface area contributed by atoms with E-state index in [4.69, 9.17) is 24.7 Å². The zero-order valence-electron chi connectivity index (χ0n) is 26.0. The molecule has 2 aliphatic rings. The highest BCUT2D eigenvalue weighted by Gasteiger charge is 2.39. The van der Waals surface area contributed by atoms with Gasteiger partial charge in [0.15, 0.2) is 6.61 Å². The van der Waals surface area contributed by atoms with Crippen molar-refractivity contribution in [1.82, 2.24) is 20.9 Å². The third-order valence-corrected chi connectivity index (χ3v) is 7.18. The van der Waals surface area contributed by atoms with E-state index in [0.29, 0.717) is 76.1 Å². The number of benzene rings is 2. The minimum absolute atomic E-state index is 0.162. The van der Waals surface area contributed by atoms with Crippen molar-refractivity contribution in [2.24, 2.45) is 5.73 Å². The molecule has 0 saturated carbocycles. The molecule has 0 bridgehead atoms. The van der Waals surface area contributed by atoms with Gasteiger partial charge in [0.25, 0.3) is 11.8 Å². The maximum absolute atomic E-state index is 12.8. The van der Waals surface area contributed by atoms with Gasteiger partial charge in [-0.3, -0.25) is 24.5 Å². The maximum atomic E-state index is 12.8. The predicted molar refractivity (Wildman–Crippen MR) is 170 cm³/mol. The molecule has 7 N–H and O–H groups in total. The van der Waals surface area contributed by atoms with Crippen molar-refractivity contribution in [3.8, 4) is 5.75 Å². The Bertz CT molecular complexity index is 1390. The lowest BCUT2D eigenvalue weighted by Gasteiger charge is -2.29. The molecule has 1 saturated heterocycles. The molecule has 254 valence electrons. The lowest BCUT2D eigenvalue weighted by molar-refractivity contribution is -0.137. The standard InChI is InChI=1S/C31H41N7O9/c32-20-46-16-15-45-14-13-44-12-11-34-28(40)19-47-24-4-1-22(2-5-24)36-31(43)35-10-9-33-23-3-6-25-21(17-23)18-38(30(25)42)26-7-8-27(39)37-29(26)41/h1-6,17,26,33H,7-16,18-20,32H2,(H,34,40)(H2,35,36,43)(H,37,39,41). The van der Waals surface area contributed by atoms with Crippen LogP contribution < -0.4 is 37.1 Å². The Kier molecular flexibility index (Phi) is 13.7. The largest absolute Gasteiger partial charge is 0.484 e. The number of ether oxygens (including phenoxy) is 4. The Morgan fingerprint density at radius 3 is 2.34 bits per heavy atom. The summed E-state index contributed by atoms with van der Waals surface area (Å²) in [4.78, 5) is 62.4. The number of nitrogens with one attached hydrogen (secondary N) is 5. The molecule has 16 heteroatoms. The van der Waals surface area contributed by atoms with Crippen LogP contribution in [0.25, 0.3) is 0 Å². The van der Waals surface area contributed by atoms with Gasteiger partial charge in [-0.1, -0.05) is 0 Å². The van der Waals surface area contributed by atoms with Gasteiger partial charge in [-0.15, -0.1) is 0 Å². The number of carbonyl (C=O) groups excluding carboxylic acids is 5. The van der Waals surface area contributed by atoms with Crippen LogP contribution in [0.2, 0.25) is 0 Å². The van der Waals surface area contributed by atoms with Crippen molar-refractivity contribution in [3.05, 3.63) is 53.6 Å². The van der Waals surface area contributed by atoms with E-state index in [-0.39, 0.29) is 44.0 Å². The van der Waals surface area contributed by atoms with Crippen molar-refractivity contribution < 1.29 is 42.9 Å². The van der Waals surface area contributed by atoms with E-state index in [0.717, 1.165) is 11.3 Å². The summed E-state index contributed by atoms with van der Waals surface area (Å²) in [6.07, 6.45) is 0.510. The summed E-state index contributed by atoms with van der Waals surface area (Å²) in [6.45, 7) is 3.42. The third kappa shape index (κ3) is 11.2. The smallest absolute Gasteiger partial charge is 0.319 e. The zero-order valence-corrected chi connectivity index (χ0v) is 26.0. The van der Waals surface area contributed by atoms with Crippen molar-refractivity contribution in [2.45, 2.75) is 25.4 Å². The van der Waals surface area contributed by atoms with Crippen LogP contribution in [-0.4, -0.2) is 107 Å². The second-order valence-corrected chi connectivity index (χ2v) is 10.5. The average Bonchev–Trinajstić information content (AvgIpc) is 3.38. The lowest BCUT2D eigenvalue weighted by atomic mass is 10.0. The minimum atomic E-state index is -0.663. The fourth-order valence-electron chi connectivity index (χ4n) is 4.86. The quantitative estimate of drug-likeness (QED) is 0.0681. The van der Waals surface area contributed by atoms with E-state index < -0.39 is 18.0 Å². The van der Waals surface area contributed by atoms with Gasteiger partial charge in [-0.2, -0.15) is 0 Å². The average molecular weight is 656 g/mol. The Hall–Kier alpha value is -4.77. The van der Waals surface area contributed by atoms with Gasteiger partial charge >= 0.3 is 6.03 Å². The van der Waals surface area contributed by atoms with Crippen molar-refractivity contribution in [1.29, 1.82) is 0 Å². The van der Waals surface area contributed by atoms with E-state index >= 15 is 0 Å². The van der Waals surface area contributed by atoms with Gasteiger partial charge in [-0.25, -0.2) is 4.79 Å². The van der Waals surface area contributed by atoms with E-state index in [1.165, 1.54) is 4.90 Å². The molecular weight excluding hydrogens is 614 g/mol. The first kappa shape index (κ1) is 35.1. The molecule has 0 aromatic heterocycles. The van der Waals surface area contributed by atoms with E-state index in [1.54, 1.807) is 36.4 Å². The molecule has 16 nitrogen and oxygen atoms in total. The number of rotatable bonds is 19. The van der Waals surface area contributed by atoms with Gasteiger partial charge in [0.2, 0.25) is 11.8 Å². The molecule has 0 aliphatic carbocycles. The molecule has 2 aromatic carbocycles. The summed E-state index contributed by atoms with van der Waals surface area (Å²) in [5, 5.41) is 13.7. The Balaban J connectivity index is 1.06. The number of amides is 6. The summed E-state index contributed by atoms with van der Waals surface area (Å²) in [6, 6.07) is 10.9. The molecule has 47 heavy (non-hydrogen) atoms. The zero-order chi connectivity index (χ0) is 33.4. The SMILES string of the molecule is NCOCCOCCOCCNC(=O)COc1ccc(NC(=O)NCCNc2ccc3c(c2)CN(C2CCC(=O)NC2=O)C3=O)cc1. The van der Waals surface area contributed by atoms with E-state index in [1.807, 2.05) is 6.07 Å². The van der Waals surface area contributed by atoms with E-state index in [2.05, 4.69) is 26.6 Å².